The van der Waals surface area contributed by atoms with E-state index in [1.165, 1.54) is 0 Å². The predicted octanol–water partition coefficient (Wildman–Crippen LogP) is 2.57. The summed E-state index contributed by atoms with van der Waals surface area (Å²) in [4.78, 5) is 12.2. The zero-order valence-electron chi connectivity index (χ0n) is 12.3. The van der Waals surface area contributed by atoms with Gasteiger partial charge in [-0.3, -0.25) is 9.48 Å². The normalized spacial score (nSPS) is 12.2. The first-order valence-electron chi connectivity index (χ1n) is 6.89. The highest BCUT2D eigenvalue weighted by molar-refractivity contribution is 5.95. The standard InChI is InChI=1S/C16H21N3O/c1-12-5-6-14(3)15(9-12)16(20)17-10-13(2)11-19-8-4-7-18-19/h4-9,13H,10-11H2,1-3H3,(H,17,20). The van der Waals surface area contributed by atoms with Crippen molar-refractivity contribution in [2.45, 2.75) is 27.3 Å². The molecule has 1 aromatic carbocycles. The number of benzene rings is 1. The van der Waals surface area contributed by atoms with Gasteiger partial charge in [0.15, 0.2) is 0 Å². The zero-order valence-corrected chi connectivity index (χ0v) is 12.3. The van der Waals surface area contributed by atoms with Gasteiger partial charge in [0.2, 0.25) is 0 Å². The number of hydrogen-bond acceptors (Lipinski definition) is 2. The maximum atomic E-state index is 12.2. The Labute approximate surface area is 119 Å². The van der Waals surface area contributed by atoms with Gasteiger partial charge in [-0.25, -0.2) is 0 Å². The van der Waals surface area contributed by atoms with Crippen molar-refractivity contribution in [2.24, 2.45) is 5.92 Å². The van der Waals surface area contributed by atoms with Crippen LogP contribution in [0.1, 0.15) is 28.4 Å². The molecule has 1 aromatic heterocycles. The fraction of sp³-hybridized carbons (Fsp3) is 0.375. The van der Waals surface area contributed by atoms with Gasteiger partial charge >= 0.3 is 0 Å². The fourth-order valence-corrected chi connectivity index (χ4v) is 2.13. The second kappa shape index (κ2) is 6.37. The number of carbonyl (C=O) groups excluding carboxylic acids is 1. The van der Waals surface area contributed by atoms with Crippen molar-refractivity contribution in [1.82, 2.24) is 15.1 Å². The molecule has 4 nitrogen and oxygen atoms in total. The van der Waals surface area contributed by atoms with Gasteiger partial charge in [0.1, 0.15) is 0 Å². The van der Waals surface area contributed by atoms with E-state index >= 15 is 0 Å². The predicted molar refractivity (Wildman–Crippen MR) is 79.6 cm³/mol. The Bertz CT molecular complexity index is 575. The fourth-order valence-electron chi connectivity index (χ4n) is 2.13. The summed E-state index contributed by atoms with van der Waals surface area (Å²) in [7, 11) is 0. The molecule has 0 fully saturated rings. The first kappa shape index (κ1) is 14.3. The molecule has 0 aliphatic carbocycles. The lowest BCUT2D eigenvalue weighted by Crippen LogP contribution is -2.30. The molecular weight excluding hydrogens is 250 g/mol. The first-order valence-corrected chi connectivity index (χ1v) is 6.89. The Balaban J connectivity index is 1.90. The Morgan fingerprint density at radius 1 is 1.40 bits per heavy atom. The molecule has 1 atom stereocenters. The molecule has 0 saturated heterocycles. The summed E-state index contributed by atoms with van der Waals surface area (Å²) in [6.07, 6.45) is 3.70. The van der Waals surface area contributed by atoms with E-state index in [0.717, 1.165) is 23.2 Å². The number of aryl methyl sites for hydroxylation is 2. The van der Waals surface area contributed by atoms with Crippen LogP contribution in [0.15, 0.2) is 36.7 Å². The molecular formula is C16H21N3O. The van der Waals surface area contributed by atoms with Crippen LogP contribution in [0, 0.1) is 19.8 Å². The lowest BCUT2D eigenvalue weighted by Gasteiger charge is -2.14. The molecule has 1 heterocycles. The summed E-state index contributed by atoms with van der Waals surface area (Å²) in [5.41, 5.74) is 2.87. The molecule has 1 N–H and O–H groups in total. The highest BCUT2D eigenvalue weighted by Crippen LogP contribution is 2.10. The van der Waals surface area contributed by atoms with Gasteiger partial charge in [-0.1, -0.05) is 24.6 Å². The highest BCUT2D eigenvalue weighted by atomic mass is 16.1. The molecule has 20 heavy (non-hydrogen) atoms. The number of rotatable bonds is 5. The molecule has 0 bridgehead atoms. The molecule has 0 saturated carbocycles. The molecule has 2 aromatic rings. The van der Waals surface area contributed by atoms with Crippen molar-refractivity contribution in [1.29, 1.82) is 0 Å². The Kier molecular flexibility index (Phi) is 4.56. The zero-order chi connectivity index (χ0) is 14.5. The lowest BCUT2D eigenvalue weighted by molar-refractivity contribution is 0.0946. The number of hydrogen-bond donors (Lipinski definition) is 1. The maximum absolute atomic E-state index is 12.2. The monoisotopic (exact) mass is 271 g/mol. The number of aromatic nitrogens is 2. The van der Waals surface area contributed by atoms with Gasteiger partial charge < -0.3 is 5.32 Å². The summed E-state index contributed by atoms with van der Waals surface area (Å²) < 4.78 is 1.88. The highest BCUT2D eigenvalue weighted by Gasteiger charge is 2.11. The van der Waals surface area contributed by atoms with Crippen molar-refractivity contribution < 1.29 is 4.79 Å². The molecule has 1 amide bonds. The van der Waals surface area contributed by atoms with E-state index in [1.54, 1.807) is 6.20 Å². The van der Waals surface area contributed by atoms with Crippen LogP contribution in [0.3, 0.4) is 0 Å². The van der Waals surface area contributed by atoms with Gasteiger partial charge in [-0.15, -0.1) is 0 Å². The third-order valence-electron chi connectivity index (χ3n) is 3.31. The Morgan fingerprint density at radius 3 is 2.90 bits per heavy atom. The minimum Gasteiger partial charge on any atom is -0.352 e. The van der Waals surface area contributed by atoms with Crippen LogP contribution >= 0.6 is 0 Å². The van der Waals surface area contributed by atoms with Gasteiger partial charge in [0, 0.05) is 31.0 Å². The molecule has 0 aliphatic heterocycles. The maximum Gasteiger partial charge on any atom is 0.251 e. The molecule has 106 valence electrons. The third-order valence-corrected chi connectivity index (χ3v) is 3.31. The van der Waals surface area contributed by atoms with Gasteiger partial charge in [0.05, 0.1) is 0 Å². The Morgan fingerprint density at radius 2 is 2.20 bits per heavy atom. The van der Waals surface area contributed by atoms with Gasteiger partial charge in [-0.05, 0) is 37.5 Å². The van der Waals surface area contributed by atoms with E-state index in [4.69, 9.17) is 0 Å². The van der Waals surface area contributed by atoms with Crippen molar-refractivity contribution in [3.05, 3.63) is 53.3 Å². The third kappa shape index (κ3) is 3.70. The van der Waals surface area contributed by atoms with Crippen LogP contribution in [0.25, 0.3) is 0 Å². The van der Waals surface area contributed by atoms with Crippen molar-refractivity contribution in [2.75, 3.05) is 6.54 Å². The van der Waals surface area contributed by atoms with Crippen molar-refractivity contribution >= 4 is 5.91 Å². The number of nitrogens with zero attached hydrogens (tertiary/aromatic N) is 2. The topological polar surface area (TPSA) is 46.9 Å². The molecule has 4 heteroatoms. The van der Waals surface area contributed by atoms with E-state index < -0.39 is 0 Å². The second-order valence-corrected chi connectivity index (χ2v) is 5.36. The Hall–Kier alpha value is -2.10. The minimum atomic E-state index is -0.00137. The summed E-state index contributed by atoms with van der Waals surface area (Å²) in [6, 6.07) is 7.84. The SMILES string of the molecule is Cc1ccc(C)c(C(=O)NCC(C)Cn2cccn2)c1. The quantitative estimate of drug-likeness (QED) is 0.908. The minimum absolute atomic E-state index is 0.00137. The van der Waals surface area contributed by atoms with Crippen LogP contribution in [0.4, 0.5) is 0 Å². The largest absolute Gasteiger partial charge is 0.352 e. The van der Waals surface area contributed by atoms with E-state index in [1.807, 2.05) is 49.0 Å². The van der Waals surface area contributed by atoms with Crippen LogP contribution < -0.4 is 5.32 Å². The van der Waals surface area contributed by atoms with E-state index in [9.17, 15) is 4.79 Å². The molecule has 0 radical (unpaired) electrons. The summed E-state index contributed by atoms with van der Waals surface area (Å²) in [5.74, 6) is 0.336. The van der Waals surface area contributed by atoms with Gasteiger partial charge in [0.25, 0.3) is 5.91 Å². The van der Waals surface area contributed by atoms with Crippen molar-refractivity contribution in [3.8, 4) is 0 Å². The molecule has 1 unspecified atom stereocenters. The molecule has 0 spiro atoms. The average Bonchev–Trinajstić information content (AvgIpc) is 2.91. The van der Waals surface area contributed by atoms with E-state index in [-0.39, 0.29) is 5.91 Å². The lowest BCUT2D eigenvalue weighted by atomic mass is 10.0. The van der Waals surface area contributed by atoms with Crippen LogP contribution in [0.2, 0.25) is 0 Å². The van der Waals surface area contributed by atoms with E-state index in [0.29, 0.717) is 12.5 Å². The van der Waals surface area contributed by atoms with Gasteiger partial charge in [-0.2, -0.15) is 5.10 Å². The van der Waals surface area contributed by atoms with Crippen molar-refractivity contribution in [3.63, 3.8) is 0 Å². The van der Waals surface area contributed by atoms with Crippen LogP contribution in [0.5, 0.6) is 0 Å². The van der Waals surface area contributed by atoms with Crippen LogP contribution in [-0.2, 0) is 6.54 Å². The second-order valence-electron chi connectivity index (χ2n) is 5.36. The summed E-state index contributed by atoms with van der Waals surface area (Å²) in [6.45, 7) is 7.51. The van der Waals surface area contributed by atoms with E-state index in [2.05, 4.69) is 17.3 Å². The molecule has 2 rings (SSSR count). The number of nitrogens with one attached hydrogen (secondary N) is 1. The summed E-state index contributed by atoms with van der Waals surface area (Å²) in [5, 5.41) is 7.17. The van der Waals surface area contributed by atoms with Crippen LogP contribution in [-0.4, -0.2) is 22.2 Å². The smallest absolute Gasteiger partial charge is 0.251 e. The number of amides is 1. The average molecular weight is 271 g/mol. The first-order chi connectivity index (χ1) is 9.56. The number of carbonyl (C=O) groups is 1. The summed E-state index contributed by atoms with van der Waals surface area (Å²) >= 11 is 0. The molecule has 0 aliphatic rings.